The fourth-order valence-corrected chi connectivity index (χ4v) is 2.09. The average Bonchev–Trinajstić information content (AvgIpc) is 2.51. The van der Waals surface area contributed by atoms with E-state index in [1.165, 1.54) is 5.56 Å². The van der Waals surface area contributed by atoms with Gasteiger partial charge >= 0.3 is 6.03 Å². The lowest BCUT2D eigenvalue weighted by atomic mass is 10.1. The molecule has 0 saturated heterocycles. The van der Waals surface area contributed by atoms with Crippen molar-refractivity contribution < 1.29 is 4.79 Å². The first-order chi connectivity index (χ1) is 10.7. The third-order valence-electron chi connectivity index (χ3n) is 2.84. The van der Waals surface area contributed by atoms with Crippen LogP contribution in [0.15, 0.2) is 59.6 Å². The standard InChI is InChI=1S/C17H15N3OS/c1-13-2-4-14(5-3-13)10-11-19-17(21)20-15-6-8-16(9-7-15)22-12-18/h2-11H,1H3,(H2,19,20,21)/b11-10+. The van der Waals surface area contributed by atoms with Gasteiger partial charge in [-0.3, -0.25) is 0 Å². The van der Waals surface area contributed by atoms with Crippen molar-refractivity contribution in [1.82, 2.24) is 5.32 Å². The molecule has 2 aromatic carbocycles. The lowest BCUT2D eigenvalue weighted by molar-refractivity contribution is 0.255. The van der Waals surface area contributed by atoms with Gasteiger partial charge in [0, 0.05) is 16.8 Å². The van der Waals surface area contributed by atoms with E-state index in [4.69, 9.17) is 5.26 Å². The zero-order valence-electron chi connectivity index (χ0n) is 12.0. The van der Waals surface area contributed by atoms with E-state index >= 15 is 0 Å². The molecule has 4 nitrogen and oxygen atoms in total. The number of nitrogens with one attached hydrogen (secondary N) is 2. The average molecular weight is 309 g/mol. The van der Waals surface area contributed by atoms with Crippen LogP contribution in [0, 0.1) is 17.6 Å². The van der Waals surface area contributed by atoms with Crippen molar-refractivity contribution in [1.29, 1.82) is 5.26 Å². The molecule has 2 aromatic rings. The minimum atomic E-state index is -0.316. The Bertz CT molecular complexity index is 700. The summed E-state index contributed by atoms with van der Waals surface area (Å²) in [6.07, 6.45) is 3.42. The second-order valence-corrected chi connectivity index (χ2v) is 5.42. The van der Waals surface area contributed by atoms with E-state index in [0.717, 1.165) is 22.2 Å². The number of nitriles is 1. The van der Waals surface area contributed by atoms with Crippen LogP contribution in [0.1, 0.15) is 11.1 Å². The summed E-state index contributed by atoms with van der Waals surface area (Å²) in [5, 5.41) is 15.9. The number of anilines is 1. The van der Waals surface area contributed by atoms with Crippen LogP contribution in [-0.4, -0.2) is 6.03 Å². The molecular weight excluding hydrogens is 294 g/mol. The molecule has 0 aliphatic carbocycles. The summed E-state index contributed by atoms with van der Waals surface area (Å²) >= 11 is 1.08. The molecule has 22 heavy (non-hydrogen) atoms. The number of urea groups is 1. The number of rotatable bonds is 4. The Balaban J connectivity index is 1.85. The summed E-state index contributed by atoms with van der Waals surface area (Å²) in [7, 11) is 0. The minimum absolute atomic E-state index is 0.316. The Labute approximate surface area is 133 Å². The molecule has 2 amide bonds. The molecule has 0 spiro atoms. The van der Waals surface area contributed by atoms with Gasteiger partial charge in [-0.15, -0.1) is 0 Å². The van der Waals surface area contributed by atoms with Crippen LogP contribution < -0.4 is 10.6 Å². The molecule has 0 radical (unpaired) electrons. The molecule has 0 bridgehead atoms. The van der Waals surface area contributed by atoms with E-state index in [-0.39, 0.29) is 6.03 Å². The van der Waals surface area contributed by atoms with E-state index in [2.05, 4.69) is 10.6 Å². The van der Waals surface area contributed by atoms with E-state index in [1.807, 2.05) is 42.7 Å². The Morgan fingerprint density at radius 1 is 1.14 bits per heavy atom. The van der Waals surface area contributed by atoms with Crippen molar-refractivity contribution in [3.05, 3.63) is 65.9 Å². The van der Waals surface area contributed by atoms with Gasteiger partial charge < -0.3 is 10.6 Å². The molecule has 2 N–H and O–H groups in total. The highest BCUT2D eigenvalue weighted by Gasteiger charge is 1.99. The van der Waals surface area contributed by atoms with Gasteiger partial charge in [0.25, 0.3) is 0 Å². The number of benzene rings is 2. The Hall–Kier alpha value is -2.71. The summed E-state index contributed by atoms with van der Waals surface area (Å²) in [5.74, 6) is 0. The summed E-state index contributed by atoms with van der Waals surface area (Å²) in [6.45, 7) is 2.03. The normalized spacial score (nSPS) is 10.2. The predicted octanol–water partition coefficient (Wildman–Crippen LogP) is 4.36. The van der Waals surface area contributed by atoms with E-state index < -0.39 is 0 Å². The maximum Gasteiger partial charge on any atom is 0.323 e. The molecule has 0 aromatic heterocycles. The van der Waals surface area contributed by atoms with Gasteiger partial charge in [0.2, 0.25) is 0 Å². The number of amides is 2. The second-order valence-electron chi connectivity index (χ2n) is 4.56. The zero-order chi connectivity index (χ0) is 15.8. The summed E-state index contributed by atoms with van der Waals surface area (Å²) in [6, 6.07) is 14.8. The number of carbonyl (C=O) groups excluding carboxylic acids is 1. The van der Waals surface area contributed by atoms with Crippen molar-refractivity contribution in [2.45, 2.75) is 11.8 Å². The third kappa shape index (κ3) is 5.00. The van der Waals surface area contributed by atoms with Crippen LogP contribution in [-0.2, 0) is 0 Å². The van der Waals surface area contributed by atoms with Gasteiger partial charge in [-0.2, -0.15) is 5.26 Å². The van der Waals surface area contributed by atoms with Crippen LogP contribution in [0.2, 0.25) is 0 Å². The van der Waals surface area contributed by atoms with Crippen LogP contribution in [0.25, 0.3) is 6.08 Å². The van der Waals surface area contributed by atoms with E-state index in [0.29, 0.717) is 5.69 Å². The maximum absolute atomic E-state index is 11.7. The Morgan fingerprint density at radius 2 is 1.82 bits per heavy atom. The summed E-state index contributed by atoms with van der Waals surface area (Å²) in [5.41, 5.74) is 2.88. The first-order valence-corrected chi connectivity index (χ1v) is 7.46. The minimum Gasteiger partial charge on any atom is -0.314 e. The lowest BCUT2D eigenvalue weighted by Gasteiger charge is -2.04. The fraction of sp³-hybridized carbons (Fsp3) is 0.0588. The van der Waals surface area contributed by atoms with Crippen LogP contribution >= 0.6 is 11.8 Å². The van der Waals surface area contributed by atoms with Crippen molar-refractivity contribution in [2.75, 3.05) is 5.32 Å². The number of thioether (sulfide) groups is 1. The molecule has 0 heterocycles. The van der Waals surface area contributed by atoms with Gasteiger partial charge in [0.05, 0.1) is 0 Å². The lowest BCUT2D eigenvalue weighted by Crippen LogP contribution is -2.23. The molecule has 0 unspecified atom stereocenters. The van der Waals surface area contributed by atoms with E-state index in [1.54, 1.807) is 30.5 Å². The predicted molar refractivity (Wildman–Crippen MR) is 90.3 cm³/mol. The molecule has 110 valence electrons. The topological polar surface area (TPSA) is 64.9 Å². The van der Waals surface area contributed by atoms with Crippen LogP contribution in [0.5, 0.6) is 0 Å². The van der Waals surface area contributed by atoms with Gasteiger partial charge in [0.15, 0.2) is 0 Å². The smallest absolute Gasteiger partial charge is 0.314 e. The molecule has 0 aliphatic rings. The number of nitrogens with zero attached hydrogens (tertiary/aromatic N) is 1. The quantitative estimate of drug-likeness (QED) is 0.651. The number of carbonyl (C=O) groups is 1. The zero-order valence-corrected chi connectivity index (χ0v) is 12.9. The van der Waals surface area contributed by atoms with Crippen LogP contribution in [0.4, 0.5) is 10.5 Å². The second kappa shape index (κ2) is 7.91. The Morgan fingerprint density at radius 3 is 2.45 bits per heavy atom. The SMILES string of the molecule is Cc1ccc(/C=C/NC(=O)Nc2ccc(SC#N)cc2)cc1. The first-order valence-electron chi connectivity index (χ1n) is 6.64. The van der Waals surface area contributed by atoms with Crippen molar-refractivity contribution >= 4 is 29.6 Å². The van der Waals surface area contributed by atoms with Crippen molar-refractivity contribution in [3.8, 4) is 5.40 Å². The number of aryl methyl sites for hydroxylation is 1. The number of thiocyanates is 1. The maximum atomic E-state index is 11.7. The van der Waals surface area contributed by atoms with Crippen LogP contribution in [0.3, 0.4) is 0 Å². The summed E-state index contributed by atoms with van der Waals surface area (Å²) in [4.78, 5) is 12.6. The third-order valence-corrected chi connectivity index (χ3v) is 3.44. The highest BCUT2D eigenvalue weighted by molar-refractivity contribution is 8.03. The summed E-state index contributed by atoms with van der Waals surface area (Å²) < 4.78 is 0. The van der Waals surface area contributed by atoms with Crippen molar-refractivity contribution in [2.24, 2.45) is 0 Å². The van der Waals surface area contributed by atoms with Gasteiger partial charge in [-0.25, -0.2) is 4.79 Å². The van der Waals surface area contributed by atoms with Gasteiger partial charge in [-0.05, 0) is 54.6 Å². The Kier molecular flexibility index (Phi) is 5.64. The molecule has 0 saturated carbocycles. The van der Waals surface area contributed by atoms with E-state index in [9.17, 15) is 4.79 Å². The largest absolute Gasteiger partial charge is 0.323 e. The molecule has 0 aliphatic heterocycles. The molecule has 2 rings (SSSR count). The number of hydrogen-bond acceptors (Lipinski definition) is 3. The highest BCUT2D eigenvalue weighted by Crippen LogP contribution is 2.18. The van der Waals surface area contributed by atoms with Gasteiger partial charge in [0.1, 0.15) is 5.40 Å². The highest BCUT2D eigenvalue weighted by atomic mass is 32.2. The molecular formula is C17H15N3OS. The fourth-order valence-electron chi connectivity index (χ4n) is 1.72. The molecule has 5 heteroatoms. The van der Waals surface area contributed by atoms with Gasteiger partial charge in [-0.1, -0.05) is 29.8 Å². The molecule has 0 atom stereocenters. The van der Waals surface area contributed by atoms with Crippen molar-refractivity contribution in [3.63, 3.8) is 0 Å². The number of hydrogen-bond donors (Lipinski definition) is 2. The monoisotopic (exact) mass is 309 g/mol. The first kappa shape index (κ1) is 15.7. The molecule has 0 fully saturated rings.